The van der Waals surface area contributed by atoms with Crippen LogP contribution in [0.15, 0.2) is 29.2 Å². The second kappa shape index (κ2) is 5.05. The van der Waals surface area contributed by atoms with Gasteiger partial charge in [0.1, 0.15) is 0 Å². The zero-order valence-corrected chi connectivity index (χ0v) is 10.1. The van der Waals surface area contributed by atoms with E-state index >= 15 is 0 Å². The van der Waals surface area contributed by atoms with Crippen LogP contribution in [0.5, 0.6) is 0 Å². The van der Waals surface area contributed by atoms with E-state index in [-0.39, 0.29) is 4.90 Å². The minimum atomic E-state index is -3.59. The summed E-state index contributed by atoms with van der Waals surface area (Å²) in [6, 6.07) is 6.72. The molecule has 0 aliphatic rings. The Kier molecular flexibility index (Phi) is 4.29. The van der Waals surface area contributed by atoms with Gasteiger partial charge in [0.25, 0.3) is 9.05 Å². The molecule has 0 aromatic heterocycles. The molecule has 14 heavy (non-hydrogen) atoms. The van der Waals surface area contributed by atoms with E-state index in [0.29, 0.717) is 0 Å². The Morgan fingerprint density at radius 1 is 1.43 bits per heavy atom. The average molecular weight is 251 g/mol. The van der Waals surface area contributed by atoms with Crippen molar-refractivity contribution in [3.8, 4) is 0 Å². The summed E-state index contributed by atoms with van der Waals surface area (Å²) >= 11 is 1.74. The lowest BCUT2D eigenvalue weighted by atomic mass is 10.2. The van der Waals surface area contributed by atoms with Crippen molar-refractivity contribution in [2.45, 2.75) is 17.6 Å². The van der Waals surface area contributed by atoms with E-state index in [1.54, 1.807) is 23.9 Å². The van der Waals surface area contributed by atoms with Gasteiger partial charge in [-0.25, -0.2) is 8.42 Å². The molecule has 0 fully saturated rings. The lowest BCUT2D eigenvalue weighted by molar-refractivity contribution is 0.609. The monoisotopic (exact) mass is 250 g/mol. The van der Waals surface area contributed by atoms with Crippen LogP contribution >= 0.6 is 22.4 Å². The normalized spacial score (nSPS) is 11.6. The van der Waals surface area contributed by atoms with Gasteiger partial charge in [-0.15, -0.1) is 0 Å². The summed E-state index contributed by atoms with van der Waals surface area (Å²) in [5.74, 6) is 1.83. The molecule has 0 amide bonds. The van der Waals surface area contributed by atoms with Crippen molar-refractivity contribution >= 4 is 31.5 Å². The van der Waals surface area contributed by atoms with Gasteiger partial charge in [0, 0.05) is 16.4 Å². The van der Waals surface area contributed by atoms with Gasteiger partial charge in [-0.1, -0.05) is 19.1 Å². The predicted octanol–water partition coefficient (Wildman–Crippen LogP) is 2.87. The molecular weight excluding hydrogens is 240 g/mol. The van der Waals surface area contributed by atoms with Gasteiger partial charge < -0.3 is 0 Å². The SMILES string of the molecule is CCSCc1cccc(S(=O)(=O)Cl)c1. The molecule has 0 aliphatic heterocycles. The highest BCUT2D eigenvalue weighted by molar-refractivity contribution is 8.13. The first-order valence-corrected chi connectivity index (χ1v) is 7.62. The van der Waals surface area contributed by atoms with Crippen LogP contribution in [-0.4, -0.2) is 14.2 Å². The maximum Gasteiger partial charge on any atom is 0.261 e. The summed E-state index contributed by atoms with van der Waals surface area (Å²) in [5.41, 5.74) is 0.985. The highest BCUT2D eigenvalue weighted by atomic mass is 35.7. The Labute approximate surface area is 93.1 Å². The van der Waals surface area contributed by atoms with Crippen molar-refractivity contribution in [1.82, 2.24) is 0 Å². The average Bonchev–Trinajstić information content (AvgIpc) is 2.14. The third-order valence-electron chi connectivity index (χ3n) is 1.65. The van der Waals surface area contributed by atoms with Gasteiger partial charge >= 0.3 is 0 Å². The second-order valence-corrected chi connectivity index (χ2v) is 6.56. The maximum absolute atomic E-state index is 11.0. The molecule has 0 N–H and O–H groups in total. The third-order valence-corrected chi connectivity index (χ3v) is 3.95. The van der Waals surface area contributed by atoms with E-state index in [2.05, 4.69) is 6.92 Å². The molecule has 0 bridgehead atoms. The molecular formula is C9H11ClO2S2. The minimum Gasteiger partial charge on any atom is -0.207 e. The predicted molar refractivity (Wildman–Crippen MR) is 61.3 cm³/mol. The van der Waals surface area contributed by atoms with Crippen LogP contribution in [0.2, 0.25) is 0 Å². The first kappa shape index (κ1) is 11.9. The fourth-order valence-corrected chi connectivity index (χ4v) is 2.45. The summed E-state index contributed by atoms with van der Waals surface area (Å²) in [6.07, 6.45) is 0. The molecule has 0 saturated heterocycles. The molecule has 78 valence electrons. The smallest absolute Gasteiger partial charge is 0.207 e. The van der Waals surface area contributed by atoms with Crippen LogP contribution in [0.25, 0.3) is 0 Å². The minimum absolute atomic E-state index is 0.174. The lowest BCUT2D eigenvalue weighted by Gasteiger charge is -2.01. The van der Waals surface area contributed by atoms with E-state index in [4.69, 9.17) is 10.7 Å². The topological polar surface area (TPSA) is 34.1 Å². The zero-order valence-electron chi connectivity index (χ0n) is 7.73. The van der Waals surface area contributed by atoms with Crippen molar-refractivity contribution in [3.63, 3.8) is 0 Å². The third kappa shape index (κ3) is 3.52. The second-order valence-electron chi connectivity index (χ2n) is 2.72. The summed E-state index contributed by atoms with van der Waals surface area (Å²) in [7, 11) is 1.64. The summed E-state index contributed by atoms with van der Waals surface area (Å²) in [6.45, 7) is 2.06. The van der Waals surface area contributed by atoms with E-state index < -0.39 is 9.05 Å². The quantitative estimate of drug-likeness (QED) is 0.771. The zero-order chi connectivity index (χ0) is 10.6. The Bertz CT molecular complexity index is 401. The van der Waals surface area contributed by atoms with Gasteiger partial charge in [0.15, 0.2) is 0 Å². The maximum atomic E-state index is 11.0. The molecule has 0 heterocycles. The van der Waals surface area contributed by atoms with Crippen LogP contribution < -0.4 is 0 Å². The van der Waals surface area contributed by atoms with E-state index in [9.17, 15) is 8.42 Å². The van der Waals surface area contributed by atoms with Gasteiger partial charge in [-0.2, -0.15) is 11.8 Å². The standard InChI is InChI=1S/C9H11ClO2S2/c1-2-13-7-8-4-3-5-9(6-8)14(10,11)12/h3-6H,2,7H2,1H3. The Hall–Kier alpha value is -0.190. The van der Waals surface area contributed by atoms with Crippen molar-refractivity contribution in [1.29, 1.82) is 0 Å². The number of hydrogen-bond acceptors (Lipinski definition) is 3. The summed E-state index contributed by atoms with van der Waals surface area (Å²) < 4.78 is 22.0. The van der Waals surface area contributed by atoms with E-state index in [1.165, 1.54) is 6.07 Å². The first-order valence-electron chi connectivity index (χ1n) is 4.15. The van der Waals surface area contributed by atoms with Crippen LogP contribution in [0, 0.1) is 0 Å². The number of halogens is 1. The Morgan fingerprint density at radius 3 is 2.71 bits per heavy atom. The molecule has 0 radical (unpaired) electrons. The molecule has 0 spiro atoms. The highest BCUT2D eigenvalue weighted by Crippen LogP contribution is 2.19. The van der Waals surface area contributed by atoms with Gasteiger partial charge in [-0.05, 0) is 23.4 Å². The molecule has 1 aromatic rings. The van der Waals surface area contributed by atoms with Crippen molar-refractivity contribution in [2.24, 2.45) is 0 Å². The molecule has 0 unspecified atom stereocenters. The van der Waals surface area contributed by atoms with Crippen LogP contribution in [0.3, 0.4) is 0 Å². The van der Waals surface area contributed by atoms with Crippen molar-refractivity contribution < 1.29 is 8.42 Å². The highest BCUT2D eigenvalue weighted by Gasteiger charge is 2.09. The summed E-state index contributed by atoms with van der Waals surface area (Å²) in [5, 5.41) is 0. The molecule has 0 saturated carbocycles. The van der Waals surface area contributed by atoms with Gasteiger partial charge in [-0.3, -0.25) is 0 Å². The number of hydrogen-bond donors (Lipinski definition) is 0. The number of thioether (sulfide) groups is 1. The van der Waals surface area contributed by atoms with Gasteiger partial charge in [0.2, 0.25) is 0 Å². The lowest BCUT2D eigenvalue weighted by Crippen LogP contribution is -1.91. The first-order chi connectivity index (χ1) is 6.54. The fourth-order valence-electron chi connectivity index (χ4n) is 1.01. The Morgan fingerprint density at radius 2 is 2.14 bits per heavy atom. The number of benzene rings is 1. The fraction of sp³-hybridized carbons (Fsp3) is 0.333. The van der Waals surface area contributed by atoms with Crippen molar-refractivity contribution in [3.05, 3.63) is 29.8 Å². The Balaban J connectivity index is 2.90. The largest absolute Gasteiger partial charge is 0.261 e. The molecule has 1 aromatic carbocycles. The van der Waals surface area contributed by atoms with Crippen molar-refractivity contribution in [2.75, 3.05) is 5.75 Å². The van der Waals surface area contributed by atoms with E-state index in [0.717, 1.165) is 17.1 Å². The summed E-state index contributed by atoms with van der Waals surface area (Å²) in [4.78, 5) is 0.174. The van der Waals surface area contributed by atoms with Crippen LogP contribution in [0.4, 0.5) is 0 Å². The molecule has 0 aliphatic carbocycles. The van der Waals surface area contributed by atoms with Crippen LogP contribution in [0.1, 0.15) is 12.5 Å². The molecule has 0 atom stereocenters. The number of rotatable bonds is 4. The van der Waals surface area contributed by atoms with E-state index in [1.807, 2.05) is 6.07 Å². The molecule has 2 nitrogen and oxygen atoms in total. The molecule has 5 heteroatoms. The van der Waals surface area contributed by atoms with Crippen LogP contribution in [-0.2, 0) is 14.8 Å². The molecule has 1 rings (SSSR count). The van der Waals surface area contributed by atoms with Gasteiger partial charge in [0.05, 0.1) is 4.90 Å².